The number of thiophene rings is 1. The fourth-order valence-electron chi connectivity index (χ4n) is 1.54. The van der Waals surface area contributed by atoms with Gasteiger partial charge in [-0.05, 0) is 17.7 Å². The van der Waals surface area contributed by atoms with Crippen LogP contribution in [0.1, 0.15) is 16.5 Å². The SMILES string of the molecule is N[C@H](C(=O)NCc1ccc(Cl)s1)c1ccccc1. The Kier molecular flexibility index (Phi) is 4.36. The summed E-state index contributed by atoms with van der Waals surface area (Å²) in [6.07, 6.45) is 0. The highest BCUT2D eigenvalue weighted by Gasteiger charge is 2.14. The highest BCUT2D eigenvalue weighted by molar-refractivity contribution is 7.16. The monoisotopic (exact) mass is 280 g/mol. The highest BCUT2D eigenvalue weighted by atomic mass is 35.5. The van der Waals surface area contributed by atoms with Gasteiger partial charge in [-0.1, -0.05) is 41.9 Å². The minimum atomic E-state index is -0.637. The molecule has 3 nitrogen and oxygen atoms in total. The van der Waals surface area contributed by atoms with E-state index in [9.17, 15) is 4.79 Å². The maximum atomic E-state index is 11.9. The molecular formula is C13H13ClN2OS. The molecule has 1 amide bonds. The van der Waals surface area contributed by atoms with Crippen LogP contribution in [0.25, 0.3) is 0 Å². The third kappa shape index (κ3) is 3.32. The first kappa shape index (κ1) is 13.1. The number of nitrogens with two attached hydrogens (primary N) is 1. The van der Waals surface area contributed by atoms with Crippen molar-refractivity contribution >= 4 is 28.8 Å². The van der Waals surface area contributed by atoms with Crippen molar-refractivity contribution in [3.63, 3.8) is 0 Å². The largest absolute Gasteiger partial charge is 0.350 e. The Bertz CT molecular complexity index is 527. The molecule has 0 bridgehead atoms. The molecule has 0 aliphatic rings. The van der Waals surface area contributed by atoms with Crippen LogP contribution >= 0.6 is 22.9 Å². The lowest BCUT2D eigenvalue weighted by Gasteiger charge is -2.11. The van der Waals surface area contributed by atoms with Crippen molar-refractivity contribution in [1.82, 2.24) is 5.32 Å². The standard InChI is InChI=1S/C13H13ClN2OS/c14-11-7-6-10(18-11)8-16-13(17)12(15)9-4-2-1-3-5-9/h1-7,12H,8,15H2,(H,16,17)/t12-/m0/s1. The quantitative estimate of drug-likeness (QED) is 0.905. The summed E-state index contributed by atoms with van der Waals surface area (Å²) in [6.45, 7) is 0.455. The van der Waals surface area contributed by atoms with Crippen LogP contribution < -0.4 is 11.1 Å². The van der Waals surface area contributed by atoms with E-state index in [0.29, 0.717) is 10.9 Å². The maximum absolute atomic E-state index is 11.9. The summed E-state index contributed by atoms with van der Waals surface area (Å²) in [5, 5.41) is 2.80. The summed E-state index contributed by atoms with van der Waals surface area (Å²) in [5.41, 5.74) is 6.68. The molecule has 0 spiro atoms. The Balaban J connectivity index is 1.92. The highest BCUT2D eigenvalue weighted by Crippen LogP contribution is 2.21. The predicted octanol–water partition coefficient (Wildman–Crippen LogP) is 2.72. The van der Waals surface area contributed by atoms with Crippen molar-refractivity contribution in [2.24, 2.45) is 5.73 Å². The number of benzene rings is 1. The van der Waals surface area contributed by atoms with Crippen molar-refractivity contribution in [3.05, 3.63) is 57.2 Å². The van der Waals surface area contributed by atoms with Gasteiger partial charge in [-0.2, -0.15) is 0 Å². The molecule has 18 heavy (non-hydrogen) atoms. The van der Waals surface area contributed by atoms with Crippen LogP contribution in [0.3, 0.4) is 0 Å². The molecule has 0 radical (unpaired) electrons. The van der Waals surface area contributed by atoms with Gasteiger partial charge in [-0.15, -0.1) is 11.3 Å². The lowest BCUT2D eigenvalue weighted by molar-refractivity contribution is -0.122. The van der Waals surface area contributed by atoms with Gasteiger partial charge in [0.25, 0.3) is 0 Å². The number of halogens is 1. The summed E-state index contributed by atoms with van der Waals surface area (Å²) in [7, 11) is 0. The van der Waals surface area contributed by atoms with Gasteiger partial charge < -0.3 is 11.1 Å². The normalized spacial score (nSPS) is 12.1. The van der Waals surface area contributed by atoms with Crippen LogP contribution in [0.4, 0.5) is 0 Å². The molecule has 0 aliphatic carbocycles. The van der Waals surface area contributed by atoms with E-state index in [0.717, 1.165) is 10.4 Å². The number of rotatable bonds is 4. The molecule has 94 valence electrons. The second-order valence-corrected chi connectivity index (χ2v) is 5.61. The lowest BCUT2D eigenvalue weighted by Crippen LogP contribution is -2.33. The molecule has 0 aliphatic heterocycles. The zero-order valence-electron chi connectivity index (χ0n) is 9.60. The van der Waals surface area contributed by atoms with E-state index in [1.54, 1.807) is 0 Å². The van der Waals surface area contributed by atoms with Gasteiger partial charge in [0.2, 0.25) is 5.91 Å². The number of hydrogen-bond acceptors (Lipinski definition) is 3. The average Bonchev–Trinajstić information content (AvgIpc) is 2.82. The molecule has 0 unspecified atom stereocenters. The van der Waals surface area contributed by atoms with Crippen molar-refractivity contribution < 1.29 is 4.79 Å². The molecule has 1 heterocycles. The van der Waals surface area contributed by atoms with Gasteiger partial charge in [-0.25, -0.2) is 0 Å². The van der Waals surface area contributed by atoms with Gasteiger partial charge >= 0.3 is 0 Å². The zero-order valence-corrected chi connectivity index (χ0v) is 11.2. The summed E-state index contributed by atoms with van der Waals surface area (Å²) in [4.78, 5) is 12.9. The van der Waals surface area contributed by atoms with E-state index in [2.05, 4.69) is 5.32 Å². The Labute approximate surface area is 115 Å². The third-order valence-electron chi connectivity index (χ3n) is 2.51. The number of carbonyl (C=O) groups excluding carboxylic acids is 1. The van der Waals surface area contributed by atoms with Crippen LogP contribution in [0.2, 0.25) is 4.34 Å². The second-order valence-electron chi connectivity index (χ2n) is 3.81. The van der Waals surface area contributed by atoms with E-state index in [1.165, 1.54) is 11.3 Å². The second kappa shape index (κ2) is 6.00. The van der Waals surface area contributed by atoms with E-state index in [1.807, 2.05) is 42.5 Å². The molecule has 2 aromatic rings. The molecule has 1 atom stereocenters. The molecule has 0 fully saturated rings. The van der Waals surface area contributed by atoms with Crippen LogP contribution in [0.5, 0.6) is 0 Å². The predicted molar refractivity (Wildman–Crippen MR) is 74.5 cm³/mol. The fourth-order valence-corrected chi connectivity index (χ4v) is 2.57. The van der Waals surface area contributed by atoms with Crippen LogP contribution in [-0.2, 0) is 11.3 Å². The van der Waals surface area contributed by atoms with Crippen molar-refractivity contribution in [1.29, 1.82) is 0 Å². The van der Waals surface area contributed by atoms with Crippen LogP contribution in [0, 0.1) is 0 Å². The molecule has 0 saturated carbocycles. The van der Waals surface area contributed by atoms with Gasteiger partial charge in [0.05, 0.1) is 10.9 Å². The van der Waals surface area contributed by atoms with Gasteiger partial charge in [0.1, 0.15) is 6.04 Å². The first-order chi connectivity index (χ1) is 8.66. The summed E-state index contributed by atoms with van der Waals surface area (Å²) in [6, 6.07) is 12.4. The molecular weight excluding hydrogens is 268 g/mol. The van der Waals surface area contributed by atoms with Crippen LogP contribution in [0.15, 0.2) is 42.5 Å². The lowest BCUT2D eigenvalue weighted by atomic mass is 10.1. The summed E-state index contributed by atoms with van der Waals surface area (Å²) < 4.78 is 0.714. The average molecular weight is 281 g/mol. The topological polar surface area (TPSA) is 55.1 Å². The number of amides is 1. The summed E-state index contributed by atoms with van der Waals surface area (Å²) in [5.74, 6) is -0.189. The molecule has 1 aromatic heterocycles. The van der Waals surface area contributed by atoms with E-state index >= 15 is 0 Å². The Morgan fingerprint density at radius 3 is 2.61 bits per heavy atom. The Morgan fingerprint density at radius 1 is 1.28 bits per heavy atom. The van der Waals surface area contributed by atoms with Crippen molar-refractivity contribution in [2.75, 3.05) is 0 Å². The van der Waals surface area contributed by atoms with E-state index in [4.69, 9.17) is 17.3 Å². The van der Waals surface area contributed by atoms with Gasteiger partial charge in [0.15, 0.2) is 0 Å². The molecule has 0 saturated heterocycles. The first-order valence-corrected chi connectivity index (χ1v) is 6.68. The molecule has 1 aromatic carbocycles. The molecule has 2 rings (SSSR count). The number of hydrogen-bond donors (Lipinski definition) is 2. The van der Waals surface area contributed by atoms with Crippen LogP contribution in [-0.4, -0.2) is 5.91 Å². The minimum Gasteiger partial charge on any atom is -0.350 e. The minimum absolute atomic E-state index is 0.189. The van der Waals surface area contributed by atoms with E-state index in [-0.39, 0.29) is 5.91 Å². The molecule has 3 N–H and O–H groups in total. The summed E-state index contributed by atoms with van der Waals surface area (Å²) >= 11 is 7.26. The first-order valence-electron chi connectivity index (χ1n) is 5.49. The number of carbonyl (C=O) groups is 1. The molecule has 5 heteroatoms. The Morgan fingerprint density at radius 2 is 2.00 bits per heavy atom. The van der Waals surface area contributed by atoms with Gasteiger partial charge in [-0.3, -0.25) is 4.79 Å². The number of nitrogens with one attached hydrogen (secondary N) is 1. The van der Waals surface area contributed by atoms with Crippen molar-refractivity contribution in [3.8, 4) is 0 Å². The van der Waals surface area contributed by atoms with Crippen molar-refractivity contribution in [2.45, 2.75) is 12.6 Å². The smallest absolute Gasteiger partial charge is 0.241 e. The maximum Gasteiger partial charge on any atom is 0.241 e. The zero-order chi connectivity index (χ0) is 13.0. The van der Waals surface area contributed by atoms with E-state index < -0.39 is 6.04 Å². The van der Waals surface area contributed by atoms with Gasteiger partial charge in [0, 0.05) is 4.88 Å². The Hall–Kier alpha value is -1.36. The third-order valence-corrected chi connectivity index (χ3v) is 3.74. The fraction of sp³-hybridized carbons (Fsp3) is 0.154.